The summed E-state index contributed by atoms with van der Waals surface area (Å²) in [6.07, 6.45) is 13.8. The van der Waals surface area contributed by atoms with Crippen molar-refractivity contribution in [3.8, 4) is 12.1 Å². The van der Waals surface area contributed by atoms with E-state index in [-0.39, 0.29) is 16.2 Å². The van der Waals surface area contributed by atoms with Crippen LogP contribution in [-0.2, 0) is 15.6 Å². The molecule has 0 amide bonds. The molecule has 0 fully saturated rings. The molecular formula is C32H40N2O. The minimum absolute atomic E-state index is 0.176. The van der Waals surface area contributed by atoms with Gasteiger partial charge in [-0.15, -0.1) is 0 Å². The molecule has 35 heavy (non-hydrogen) atoms. The molecule has 4 rings (SSSR count). The molecule has 3 heteroatoms. The molecule has 3 nitrogen and oxygen atoms in total. The van der Waals surface area contributed by atoms with E-state index in [0.29, 0.717) is 24.5 Å². The molecule has 0 spiro atoms. The second-order valence-corrected chi connectivity index (χ2v) is 13.1. The van der Waals surface area contributed by atoms with Gasteiger partial charge in [0.1, 0.15) is 11.5 Å². The largest absolute Gasteiger partial charge is 0.462 e. The first kappa shape index (κ1) is 25.3. The lowest BCUT2D eigenvalue weighted by molar-refractivity contribution is 0.218. The molecule has 1 aromatic rings. The summed E-state index contributed by atoms with van der Waals surface area (Å²) in [4.78, 5) is 0. The normalized spacial score (nSPS) is 26.0. The van der Waals surface area contributed by atoms with Crippen molar-refractivity contribution in [2.75, 3.05) is 0 Å². The third-order valence-corrected chi connectivity index (χ3v) is 8.43. The number of hydrogen-bond donors (Lipinski definition) is 0. The van der Waals surface area contributed by atoms with Crippen molar-refractivity contribution in [2.45, 2.75) is 104 Å². The quantitative estimate of drug-likeness (QED) is 0.436. The lowest BCUT2D eigenvalue weighted by atomic mass is 9.59. The number of nitrogens with zero attached hydrogens (tertiary/aromatic N) is 2. The molecule has 0 saturated carbocycles. The number of benzene rings is 1. The Bertz CT molecular complexity index is 1130. The van der Waals surface area contributed by atoms with Crippen molar-refractivity contribution < 1.29 is 4.74 Å². The fourth-order valence-electron chi connectivity index (χ4n) is 5.89. The third kappa shape index (κ3) is 4.84. The maximum atomic E-state index is 9.75. The first-order valence-corrected chi connectivity index (χ1v) is 13.1. The monoisotopic (exact) mass is 468 g/mol. The molecule has 0 radical (unpaired) electrons. The van der Waals surface area contributed by atoms with Crippen LogP contribution in [-0.4, -0.2) is 0 Å². The molecule has 0 N–H and O–H groups in total. The van der Waals surface area contributed by atoms with Crippen LogP contribution >= 0.6 is 0 Å². The number of allylic oxidation sites excluding steroid dienone is 4. The Labute approximate surface area is 212 Å². The maximum absolute atomic E-state index is 9.75. The lowest BCUT2D eigenvalue weighted by Crippen LogP contribution is -2.34. The molecule has 0 saturated heterocycles. The highest BCUT2D eigenvalue weighted by molar-refractivity contribution is 5.61. The van der Waals surface area contributed by atoms with Crippen LogP contribution in [0.2, 0.25) is 0 Å². The fourth-order valence-corrected chi connectivity index (χ4v) is 5.89. The average molecular weight is 469 g/mol. The second kappa shape index (κ2) is 8.71. The minimum Gasteiger partial charge on any atom is -0.462 e. The summed E-state index contributed by atoms with van der Waals surface area (Å²) in [6.45, 7) is 15.8. The van der Waals surface area contributed by atoms with Crippen molar-refractivity contribution >= 4 is 6.08 Å². The number of ether oxygens (including phenoxy) is 1. The number of rotatable bonds is 2. The van der Waals surface area contributed by atoms with E-state index < -0.39 is 5.41 Å². The van der Waals surface area contributed by atoms with Gasteiger partial charge in [-0.3, -0.25) is 0 Å². The smallest absolute Gasteiger partial charge is 0.150 e. The zero-order valence-corrected chi connectivity index (χ0v) is 22.6. The summed E-state index contributed by atoms with van der Waals surface area (Å²) in [5.41, 5.74) is 4.90. The van der Waals surface area contributed by atoms with Crippen molar-refractivity contribution in [1.29, 1.82) is 10.5 Å². The molecule has 184 valence electrons. The van der Waals surface area contributed by atoms with E-state index in [0.717, 1.165) is 5.76 Å². The Morgan fingerprint density at radius 3 is 1.94 bits per heavy atom. The minimum atomic E-state index is -1.06. The van der Waals surface area contributed by atoms with Gasteiger partial charge in [0, 0.05) is 18.3 Å². The van der Waals surface area contributed by atoms with Crippen molar-refractivity contribution in [1.82, 2.24) is 0 Å². The fraction of sp³-hybridized carbons (Fsp3) is 0.562. The first-order chi connectivity index (χ1) is 16.3. The molecule has 2 aliphatic carbocycles. The van der Waals surface area contributed by atoms with Gasteiger partial charge in [0.05, 0.1) is 12.1 Å². The Morgan fingerprint density at radius 2 is 1.43 bits per heavy atom. The molecule has 1 aromatic carbocycles. The molecule has 1 heterocycles. The Morgan fingerprint density at radius 1 is 0.886 bits per heavy atom. The van der Waals surface area contributed by atoms with Crippen LogP contribution < -0.4 is 0 Å². The van der Waals surface area contributed by atoms with Crippen molar-refractivity contribution in [3.63, 3.8) is 0 Å². The molecule has 0 atom stereocenters. The Balaban J connectivity index is 1.76. The summed E-state index contributed by atoms with van der Waals surface area (Å²) in [5.74, 6) is 2.19. The molecular weight excluding hydrogens is 428 g/mol. The zero-order valence-electron chi connectivity index (χ0n) is 22.6. The standard InChI is InChI=1S/C32H40N2O/c1-29(2,3)27-13-17-32(20-33,21-34)16-12-24(35-27)9-8-22-18-25-28-23(10-14-30(25,4)5)11-15-31(6,7)26(28)19-22/h8-9,12-13,18-19,23H,10-11,14-17H2,1-7H3/b9-8+,24-12-,27-13-. The van der Waals surface area contributed by atoms with Crippen LogP contribution in [0, 0.1) is 33.5 Å². The highest BCUT2D eigenvalue weighted by Crippen LogP contribution is 2.53. The Kier molecular flexibility index (Phi) is 6.30. The van der Waals surface area contributed by atoms with Crippen LogP contribution in [0.5, 0.6) is 0 Å². The number of nitriles is 2. The van der Waals surface area contributed by atoms with Crippen LogP contribution in [0.3, 0.4) is 0 Å². The summed E-state index contributed by atoms with van der Waals surface area (Å²) in [7, 11) is 0. The summed E-state index contributed by atoms with van der Waals surface area (Å²) >= 11 is 0. The summed E-state index contributed by atoms with van der Waals surface area (Å²) in [5, 5.41) is 19.5. The highest BCUT2D eigenvalue weighted by atomic mass is 16.5. The molecule has 3 aliphatic rings. The van der Waals surface area contributed by atoms with E-state index in [1.54, 1.807) is 5.56 Å². The maximum Gasteiger partial charge on any atom is 0.150 e. The van der Waals surface area contributed by atoms with E-state index in [1.807, 2.05) is 18.2 Å². The van der Waals surface area contributed by atoms with Gasteiger partial charge in [-0.2, -0.15) is 10.5 Å². The predicted molar refractivity (Wildman–Crippen MR) is 142 cm³/mol. The zero-order chi connectivity index (χ0) is 25.6. The molecule has 0 aromatic heterocycles. The topological polar surface area (TPSA) is 56.8 Å². The van der Waals surface area contributed by atoms with Crippen molar-refractivity contribution in [3.05, 3.63) is 64.1 Å². The van der Waals surface area contributed by atoms with Gasteiger partial charge >= 0.3 is 0 Å². The van der Waals surface area contributed by atoms with Crippen molar-refractivity contribution in [2.24, 2.45) is 10.8 Å². The first-order valence-electron chi connectivity index (χ1n) is 13.1. The van der Waals surface area contributed by atoms with E-state index in [9.17, 15) is 10.5 Å². The van der Waals surface area contributed by atoms with E-state index in [1.165, 1.54) is 42.4 Å². The van der Waals surface area contributed by atoms with Crippen LogP contribution in [0.15, 0.2) is 41.9 Å². The van der Waals surface area contributed by atoms with E-state index >= 15 is 0 Å². The van der Waals surface area contributed by atoms with E-state index in [2.05, 4.69) is 78.8 Å². The average Bonchev–Trinajstić information content (AvgIpc) is 2.77. The predicted octanol–water partition coefficient (Wildman–Crippen LogP) is 8.58. The third-order valence-electron chi connectivity index (χ3n) is 8.43. The van der Waals surface area contributed by atoms with Gasteiger partial charge in [0.2, 0.25) is 0 Å². The highest BCUT2D eigenvalue weighted by Gasteiger charge is 2.41. The van der Waals surface area contributed by atoms with Gasteiger partial charge in [0.25, 0.3) is 0 Å². The van der Waals surface area contributed by atoms with Gasteiger partial charge in [-0.25, -0.2) is 0 Å². The van der Waals surface area contributed by atoms with Crippen LogP contribution in [0.1, 0.15) is 115 Å². The molecule has 1 aliphatic heterocycles. The van der Waals surface area contributed by atoms with Crippen LogP contribution in [0.4, 0.5) is 0 Å². The van der Waals surface area contributed by atoms with Gasteiger partial charge < -0.3 is 4.74 Å². The van der Waals surface area contributed by atoms with E-state index in [4.69, 9.17) is 4.74 Å². The second-order valence-electron chi connectivity index (χ2n) is 13.1. The molecule has 0 unspecified atom stereocenters. The SMILES string of the molecule is CC(C)(C)/C1=C/CC(C#N)(C#N)C/C=C(/C=C/c2cc3c4c(c2)C(C)(C)CCC4CCC3(C)C)O1. The van der Waals surface area contributed by atoms with Gasteiger partial charge in [-0.1, -0.05) is 66.7 Å². The number of hydrogen-bond acceptors (Lipinski definition) is 3. The van der Waals surface area contributed by atoms with Gasteiger partial charge in [-0.05, 0) is 82.9 Å². The van der Waals surface area contributed by atoms with Gasteiger partial charge in [0.15, 0.2) is 5.41 Å². The lowest BCUT2D eigenvalue weighted by Gasteiger charge is -2.45. The Hall–Kier alpha value is -2.78. The van der Waals surface area contributed by atoms with Crippen LogP contribution in [0.25, 0.3) is 6.08 Å². The molecule has 0 bridgehead atoms. The summed E-state index contributed by atoms with van der Waals surface area (Å²) < 4.78 is 6.36. The summed E-state index contributed by atoms with van der Waals surface area (Å²) in [6, 6.07) is 9.28.